The first kappa shape index (κ1) is 18.3. The van der Waals surface area contributed by atoms with Crippen molar-refractivity contribution in [3.8, 4) is 17.6 Å². The van der Waals surface area contributed by atoms with E-state index in [9.17, 15) is 13.6 Å². The molecule has 1 N–H and O–H groups in total. The molecule has 0 unspecified atom stereocenters. The lowest BCUT2D eigenvalue weighted by molar-refractivity contribution is 0.140. The molecule has 0 fully saturated rings. The van der Waals surface area contributed by atoms with Gasteiger partial charge in [0, 0.05) is 18.5 Å². The summed E-state index contributed by atoms with van der Waals surface area (Å²) in [7, 11) is 1.25. The van der Waals surface area contributed by atoms with Gasteiger partial charge in [-0.05, 0) is 17.7 Å². The smallest absolute Gasteiger partial charge is 0.407 e. The SMILES string of the molecule is COc1cc(C#CCCNC(=O)OCc2ccccc2)cc(F)c1F. The number of hydrogen-bond donors (Lipinski definition) is 1. The zero-order valence-corrected chi connectivity index (χ0v) is 13.6. The van der Waals surface area contributed by atoms with Crippen molar-refractivity contribution >= 4 is 6.09 Å². The highest BCUT2D eigenvalue weighted by molar-refractivity contribution is 5.67. The Bertz CT molecular complexity index is 782. The van der Waals surface area contributed by atoms with Crippen LogP contribution in [0.2, 0.25) is 0 Å². The second-order valence-corrected chi connectivity index (χ2v) is 5.01. The first-order chi connectivity index (χ1) is 12.1. The Morgan fingerprint density at radius 1 is 1.20 bits per heavy atom. The lowest BCUT2D eigenvalue weighted by Gasteiger charge is -2.05. The summed E-state index contributed by atoms with van der Waals surface area (Å²) in [4.78, 5) is 11.5. The first-order valence-electron chi connectivity index (χ1n) is 7.56. The van der Waals surface area contributed by atoms with Gasteiger partial charge in [0.25, 0.3) is 0 Å². The highest BCUT2D eigenvalue weighted by atomic mass is 19.2. The summed E-state index contributed by atoms with van der Waals surface area (Å²) in [5.74, 6) is 3.18. The number of halogens is 2. The van der Waals surface area contributed by atoms with Crippen LogP contribution in [-0.4, -0.2) is 19.7 Å². The van der Waals surface area contributed by atoms with Gasteiger partial charge in [-0.15, -0.1) is 0 Å². The van der Waals surface area contributed by atoms with Gasteiger partial charge in [-0.3, -0.25) is 0 Å². The van der Waals surface area contributed by atoms with Gasteiger partial charge in [0.1, 0.15) is 6.61 Å². The summed E-state index contributed by atoms with van der Waals surface area (Å²) in [5.41, 5.74) is 1.19. The molecule has 0 spiro atoms. The quantitative estimate of drug-likeness (QED) is 0.665. The molecule has 0 saturated carbocycles. The Morgan fingerprint density at radius 3 is 2.68 bits per heavy atom. The van der Waals surface area contributed by atoms with E-state index in [1.165, 1.54) is 13.2 Å². The van der Waals surface area contributed by atoms with E-state index in [0.29, 0.717) is 12.0 Å². The summed E-state index contributed by atoms with van der Waals surface area (Å²) < 4.78 is 36.4. The van der Waals surface area contributed by atoms with Crippen LogP contribution in [0.5, 0.6) is 5.75 Å². The first-order valence-corrected chi connectivity index (χ1v) is 7.56. The van der Waals surface area contributed by atoms with Crippen molar-refractivity contribution < 1.29 is 23.0 Å². The Morgan fingerprint density at radius 2 is 1.96 bits per heavy atom. The van der Waals surface area contributed by atoms with Gasteiger partial charge in [-0.25, -0.2) is 9.18 Å². The Kier molecular flexibility index (Phi) is 6.78. The van der Waals surface area contributed by atoms with E-state index in [1.807, 2.05) is 30.3 Å². The Balaban J connectivity index is 1.75. The van der Waals surface area contributed by atoms with E-state index in [-0.39, 0.29) is 18.9 Å². The van der Waals surface area contributed by atoms with Gasteiger partial charge in [0.15, 0.2) is 11.6 Å². The molecule has 130 valence electrons. The molecular formula is C19H17F2NO3. The minimum Gasteiger partial charge on any atom is -0.494 e. The topological polar surface area (TPSA) is 47.6 Å². The molecule has 2 aromatic carbocycles. The molecule has 0 aliphatic rings. The van der Waals surface area contributed by atoms with Crippen LogP contribution in [0.3, 0.4) is 0 Å². The van der Waals surface area contributed by atoms with E-state index >= 15 is 0 Å². The summed E-state index contributed by atoms with van der Waals surface area (Å²) in [6.07, 6.45) is -0.206. The fourth-order valence-corrected chi connectivity index (χ4v) is 1.95. The van der Waals surface area contributed by atoms with Crippen molar-refractivity contribution in [3.05, 3.63) is 65.2 Å². The molecule has 0 radical (unpaired) electrons. The lowest BCUT2D eigenvalue weighted by Crippen LogP contribution is -2.24. The minimum absolute atomic E-state index is 0.188. The van der Waals surface area contributed by atoms with Crippen LogP contribution in [0.1, 0.15) is 17.5 Å². The number of amides is 1. The van der Waals surface area contributed by atoms with E-state index in [2.05, 4.69) is 17.2 Å². The molecule has 0 aliphatic carbocycles. The van der Waals surface area contributed by atoms with Gasteiger partial charge in [0.2, 0.25) is 5.82 Å². The molecule has 0 bridgehead atoms. The van der Waals surface area contributed by atoms with Gasteiger partial charge >= 0.3 is 6.09 Å². The highest BCUT2D eigenvalue weighted by Gasteiger charge is 2.10. The molecule has 0 atom stereocenters. The summed E-state index contributed by atoms with van der Waals surface area (Å²) >= 11 is 0. The summed E-state index contributed by atoms with van der Waals surface area (Å²) in [6.45, 7) is 0.467. The summed E-state index contributed by atoms with van der Waals surface area (Å²) in [5, 5.41) is 2.56. The minimum atomic E-state index is -1.05. The van der Waals surface area contributed by atoms with Gasteiger partial charge in [-0.2, -0.15) is 4.39 Å². The third kappa shape index (κ3) is 5.81. The molecule has 2 aromatic rings. The molecule has 0 heterocycles. The number of methoxy groups -OCH3 is 1. The number of carbonyl (C=O) groups excluding carboxylic acids is 1. The Hall–Kier alpha value is -3.07. The van der Waals surface area contributed by atoms with Crippen molar-refractivity contribution in [1.82, 2.24) is 5.32 Å². The van der Waals surface area contributed by atoms with Crippen LogP contribution in [0.15, 0.2) is 42.5 Å². The Labute approximate surface area is 144 Å². The molecule has 0 aromatic heterocycles. The number of ether oxygens (including phenoxy) is 2. The molecule has 0 saturated heterocycles. The van der Waals surface area contributed by atoms with Crippen LogP contribution in [0, 0.1) is 23.5 Å². The number of benzene rings is 2. The number of carbonyl (C=O) groups is 1. The predicted octanol–water partition coefficient (Wildman–Crippen LogP) is 3.64. The van der Waals surface area contributed by atoms with Crippen LogP contribution >= 0.6 is 0 Å². The van der Waals surface area contributed by atoms with Gasteiger partial charge < -0.3 is 14.8 Å². The van der Waals surface area contributed by atoms with E-state index < -0.39 is 17.7 Å². The largest absolute Gasteiger partial charge is 0.494 e. The van der Waals surface area contributed by atoms with Crippen LogP contribution < -0.4 is 10.1 Å². The number of alkyl carbamates (subject to hydrolysis) is 1. The fraction of sp³-hybridized carbons (Fsp3) is 0.211. The van der Waals surface area contributed by atoms with Crippen LogP contribution in [0.25, 0.3) is 0 Å². The van der Waals surface area contributed by atoms with Gasteiger partial charge in [-0.1, -0.05) is 42.2 Å². The normalized spacial score (nSPS) is 9.72. The van der Waals surface area contributed by atoms with Crippen molar-refractivity contribution in [3.63, 3.8) is 0 Å². The van der Waals surface area contributed by atoms with Crippen molar-refractivity contribution in [2.24, 2.45) is 0 Å². The number of rotatable bonds is 5. The highest BCUT2D eigenvalue weighted by Crippen LogP contribution is 2.21. The van der Waals surface area contributed by atoms with E-state index in [0.717, 1.165) is 11.6 Å². The molecule has 25 heavy (non-hydrogen) atoms. The van der Waals surface area contributed by atoms with Crippen LogP contribution in [-0.2, 0) is 11.3 Å². The standard InChI is InChI=1S/C19H17F2NO3/c1-24-17-12-15(11-16(20)18(17)21)9-5-6-10-22-19(23)25-13-14-7-3-2-4-8-14/h2-4,7-8,11-12H,6,10,13H2,1H3,(H,22,23). The second-order valence-electron chi connectivity index (χ2n) is 5.01. The second kappa shape index (κ2) is 9.28. The van der Waals surface area contributed by atoms with E-state index in [4.69, 9.17) is 9.47 Å². The molecule has 4 nitrogen and oxygen atoms in total. The van der Waals surface area contributed by atoms with Crippen molar-refractivity contribution in [1.29, 1.82) is 0 Å². The number of hydrogen-bond acceptors (Lipinski definition) is 3. The zero-order chi connectivity index (χ0) is 18.1. The van der Waals surface area contributed by atoms with Gasteiger partial charge in [0.05, 0.1) is 7.11 Å². The molecule has 6 heteroatoms. The lowest BCUT2D eigenvalue weighted by atomic mass is 10.2. The molecule has 2 rings (SSSR count). The maximum absolute atomic E-state index is 13.3. The van der Waals surface area contributed by atoms with Crippen molar-refractivity contribution in [2.75, 3.05) is 13.7 Å². The number of nitrogens with one attached hydrogen (secondary N) is 1. The maximum atomic E-state index is 13.3. The fourth-order valence-electron chi connectivity index (χ4n) is 1.95. The average molecular weight is 345 g/mol. The molecule has 0 aliphatic heterocycles. The van der Waals surface area contributed by atoms with Crippen molar-refractivity contribution in [2.45, 2.75) is 13.0 Å². The monoisotopic (exact) mass is 345 g/mol. The maximum Gasteiger partial charge on any atom is 0.407 e. The average Bonchev–Trinajstić information content (AvgIpc) is 2.63. The van der Waals surface area contributed by atoms with E-state index in [1.54, 1.807) is 0 Å². The third-order valence-electron chi connectivity index (χ3n) is 3.18. The molecular weight excluding hydrogens is 328 g/mol. The third-order valence-corrected chi connectivity index (χ3v) is 3.18. The predicted molar refractivity (Wildman–Crippen MR) is 89.0 cm³/mol. The molecule has 1 amide bonds. The zero-order valence-electron chi connectivity index (χ0n) is 13.6. The summed E-state index contributed by atoms with van der Waals surface area (Å²) in [6, 6.07) is 11.6. The van der Waals surface area contributed by atoms with Crippen LogP contribution in [0.4, 0.5) is 13.6 Å².